The van der Waals surface area contributed by atoms with E-state index in [1.54, 1.807) is 20.8 Å². The maximum atomic E-state index is 14.7. The summed E-state index contributed by atoms with van der Waals surface area (Å²) in [5.74, 6) is -7.62. The molecule has 1 aromatic rings. The molecule has 3 aliphatic rings. The number of aryl methyl sites for hydroxylation is 1. The van der Waals surface area contributed by atoms with Crippen molar-refractivity contribution >= 4 is 76.6 Å². The van der Waals surface area contributed by atoms with Gasteiger partial charge in [0.2, 0.25) is 65.0 Å². The highest BCUT2D eigenvalue weighted by Crippen LogP contribution is 2.36. The summed E-state index contributed by atoms with van der Waals surface area (Å²) in [5, 5.41) is 20.0. The van der Waals surface area contributed by atoms with E-state index in [2.05, 4.69) is 16.0 Å². The summed E-state index contributed by atoms with van der Waals surface area (Å²) in [5.41, 5.74) is -0.735. The van der Waals surface area contributed by atoms with Gasteiger partial charge in [0.1, 0.15) is 42.5 Å². The molecule has 0 spiro atoms. The second-order valence-corrected chi connectivity index (χ2v) is 27.5. The standard InChI is InChI=1S/C66H106ClF3N12O12/c1-16-42(6)57-64(93)77(11)38-55(86)75(9)39-56(87)79(13)50(35-43-23-18-17-19-24-43)63(92)76(10)37-52(83)72-47(30-28-44-27-29-45(46(67)34-44)66(68,69)70)61(90)82-32-22-25-48(82)59(88)71-31-21-20-26-53(84)81(15)58(41(4)5)65(94)80(14)51(62(91)74(7)8)36-54(85)78(12)49(33-40(2)3)60(89)73-57/h27,29,34,40-43,47-51,54,57-58,85H,16-26,28,30-33,35-39H2,1-15H3,(H,71,88)(H,72,83)(H,73,89)/t42-,47-,48-,49-,50-,51-,54?,57-,58-/m0/s1. The van der Waals surface area contributed by atoms with Crippen molar-refractivity contribution < 1.29 is 71.0 Å². The van der Waals surface area contributed by atoms with Crippen LogP contribution >= 0.6 is 11.6 Å². The van der Waals surface area contributed by atoms with Gasteiger partial charge in [0.05, 0.1) is 36.3 Å². The lowest BCUT2D eigenvalue weighted by Gasteiger charge is -2.39. The molecule has 11 amide bonds. The van der Waals surface area contributed by atoms with Crippen LogP contribution in [0.25, 0.3) is 0 Å². The smallest absolute Gasteiger partial charge is 0.378 e. The number of hydrogen-bond donors (Lipinski definition) is 4. The Morgan fingerprint density at radius 1 is 0.702 bits per heavy atom. The number of carbonyl (C=O) groups is 11. The molecular formula is C66H106ClF3N12O12. The molecule has 2 heterocycles. The van der Waals surface area contributed by atoms with Gasteiger partial charge in [-0.25, -0.2) is 0 Å². The Kier molecular flexibility index (Phi) is 31.0. The predicted molar refractivity (Wildman–Crippen MR) is 349 cm³/mol. The highest BCUT2D eigenvalue weighted by atomic mass is 35.5. The first-order chi connectivity index (χ1) is 43.9. The minimum atomic E-state index is -4.73. The van der Waals surface area contributed by atoms with Crippen molar-refractivity contribution in [3.8, 4) is 0 Å². The Morgan fingerprint density at radius 3 is 1.91 bits per heavy atom. The number of benzene rings is 1. The zero-order valence-electron chi connectivity index (χ0n) is 58.0. The van der Waals surface area contributed by atoms with Crippen molar-refractivity contribution in [3.63, 3.8) is 0 Å². The van der Waals surface area contributed by atoms with Crippen LogP contribution in [0.5, 0.6) is 0 Å². The van der Waals surface area contributed by atoms with Crippen LogP contribution in [0.3, 0.4) is 0 Å². The Morgan fingerprint density at radius 2 is 1.33 bits per heavy atom. The van der Waals surface area contributed by atoms with Crippen molar-refractivity contribution in [2.24, 2.45) is 23.7 Å². The molecule has 0 aromatic heterocycles. The number of fused-ring (bicyclic) bond motifs is 1. The quantitative estimate of drug-likeness (QED) is 0.242. The molecule has 3 fully saturated rings. The molecule has 0 bridgehead atoms. The van der Waals surface area contributed by atoms with Crippen molar-refractivity contribution in [2.45, 2.75) is 199 Å². The summed E-state index contributed by atoms with van der Waals surface area (Å²) in [4.78, 5) is 169. The average Bonchev–Trinajstić information content (AvgIpc) is 1.71. The largest absolute Gasteiger partial charge is 0.417 e. The number of aliphatic hydroxyl groups excluding tert-OH is 1. The molecule has 1 saturated carbocycles. The number of alkyl halides is 3. The van der Waals surface area contributed by atoms with E-state index in [0.717, 1.165) is 58.9 Å². The second-order valence-electron chi connectivity index (χ2n) is 27.1. The minimum absolute atomic E-state index is 0.0316. The van der Waals surface area contributed by atoms with Crippen molar-refractivity contribution in [2.75, 3.05) is 96.2 Å². The number of halogens is 4. The highest BCUT2D eigenvalue weighted by Gasteiger charge is 2.43. The van der Waals surface area contributed by atoms with Gasteiger partial charge in [0, 0.05) is 82.3 Å². The van der Waals surface area contributed by atoms with Crippen molar-refractivity contribution in [1.82, 2.24) is 60.0 Å². The average molecular weight is 1350 g/mol. The fraction of sp³-hybridized carbons (Fsp3) is 0.742. The fourth-order valence-corrected chi connectivity index (χ4v) is 12.9. The molecule has 4 N–H and O–H groups in total. The summed E-state index contributed by atoms with van der Waals surface area (Å²) < 4.78 is 41.1. The molecule has 2 aliphatic heterocycles. The van der Waals surface area contributed by atoms with Crippen LogP contribution in [0.1, 0.15) is 149 Å². The van der Waals surface area contributed by atoms with Gasteiger partial charge in [-0.2, -0.15) is 13.2 Å². The van der Waals surface area contributed by atoms with E-state index in [4.69, 9.17) is 11.6 Å². The van der Waals surface area contributed by atoms with Gasteiger partial charge in [-0.3, -0.25) is 57.6 Å². The zero-order chi connectivity index (χ0) is 70.8. The monoisotopic (exact) mass is 1350 g/mol. The van der Waals surface area contributed by atoms with Gasteiger partial charge < -0.3 is 60.3 Å². The molecule has 9 atom stereocenters. The van der Waals surface area contributed by atoms with Crippen LogP contribution in [0.15, 0.2) is 18.2 Å². The number of hydrogen-bond acceptors (Lipinski definition) is 13. The third-order valence-corrected chi connectivity index (χ3v) is 19.1. The van der Waals surface area contributed by atoms with Gasteiger partial charge in [0.25, 0.3) is 0 Å². The van der Waals surface area contributed by atoms with E-state index >= 15 is 0 Å². The summed E-state index contributed by atoms with van der Waals surface area (Å²) in [6.07, 6.45) is -0.397. The molecule has 28 heteroatoms. The second kappa shape index (κ2) is 36.5. The molecular weight excluding hydrogens is 1250 g/mol. The van der Waals surface area contributed by atoms with E-state index in [9.17, 15) is 71.0 Å². The van der Waals surface area contributed by atoms with Gasteiger partial charge >= 0.3 is 6.18 Å². The summed E-state index contributed by atoms with van der Waals surface area (Å²) in [6.45, 7) is 9.42. The first-order valence-electron chi connectivity index (χ1n) is 33.1. The normalized spacial score (nSPS) is 25.8. The number of likely N-dealkylation sites (N-methyl/N-ethyl adjacent to an activating group) is 8. The van der Waals surface area contributed by atoms with E-state index in [-0.39, 0.29) is 76.3 Å². The number of nitrogens with one attached hydrogen (secondary N) is 3. The van der Waals surface area contributed by atoms with Crippen molar-refractivity contribution in [3.05, 3.63) is 34.3 Å². The van der Waals surface area contributed by atoms with E-state index < -0.39 is 162 Å². The van der Waals surface area contributed by atoms with Gasteiger partial charge in [-0.15, -0.1) is 0 Å². The van der Waals surface area contributed by atoms with E-state index in [1.165, 1.54) is 98.9 Å². The number of amides is 11. The van der Waals surface area contributed by atoms with Gasteiger partial charge in [0.15, 0.2) is 0 Å². The SMILES string of the molecule is CC[C@H](C)[C@@H]1NC(=O)[C@H](CC(C)C)N(C)C(O)C[C@@H](C(=O)N(C)C)N(C)C(=O)[C@H](C(C)C)N(C)C(=O)CCCCNC(=O)[C@@H]2CCCN2C(=O)[C@H](CCc2ccc(C(F)(F)F)c(Cl)c2)NC(=O)CN(C)C(=O)[C@H](CC2CCCCC2)N(C)C(=O)CN(C)C(=O)CN(C)C1=O. The molecule has 2 saturated heterocycles. The van der Waals surface area contributed by atoms with Crippen molar-refractivity contribution in [1.29, 1.82) is 0 Å². The topological polar surface area (TPSA) is 273 Å². The predicted octanol–water partition coefficient (Wildman–Crippen LogP) is 4.22. The lowest BCUT2D eigenvalue weighted by Crippen LogP contribution is -2.59. The highest BCUT2D eigenvalue weighted by molar-refractivity contribution is 6.31. The first-order valence-corrected chi connectivity index (χ1v) is 33.5. The molecule has 4 rings (SSSR count). The molecule has 24 nitrogen and oxygen atoms in total. The first kappa shape index (κ1) is 79.8. The third-order valence-electron chi connectivity index (χ3n) is 18.8. The number of rotatable bonds is 11. The van der Waals surface area contributed by atoms with Crippen LogP contribution in [-0.2, 0) is 65.3 Å². The Bertz CT molecular complexity index is 2810. The Hall–Kier alpha value is -6.61. The van der Waals surface area contributed by atoms with Crippen LogP contribution in [0.4, 0.5) is 13.2 Å². The summed E-state index contributed by atoms with van der Waals surface area (Å²) >= 11 is 6.08. The maximum absolute atomic E-state index is 14.7. The van der Waals surface area contributed by atoms with E-state index in [1.807, 2.05) is 20.8 Å². The summed E-state index contributed by atoms with van der Waals surface area (Å²) in [7, 11) is 13.0. The molecule has 1 aliphatic carbocycles. The Labute approximate surface area is 558 Å². The third kappa shape index (κ3) is 22.2. The molecule has 1 unspecified atom stereocenters. The lowest BCUT2D eigenvalue weighted by atomic mass is 9.84. The molecule has 0 radical (unpaired) electrons. The van der Waals surface area contributed by atoms with E-state index in [0.29, 0.717) is 24.8 Å². The maximum Gasteiger partial charge on any atom is 0.417 e. The molecule has 530 valence electrons. The van der Waals surface area contributed by atoms with Crippen LogP contribution in [0.2, 0.25) is 5.02 Å². The molecule has 94 heavy (non-hydrogen) atoms. The molecule has 1 aromatic carbocycles. The fourth-order valence-electron chi connectivity index (χ4n) is 12.6. The van der Waals surface area contributed by atoms with Crippen LogP contribution in [0, 0.1) is 23.7 Å². The van der Waals surface area contributed by atoms with Gasteiger partial charge in [-0.05, 0) is 99.8 Å². The Balaban J connectivity index is 1.75. The number of aliphatic hydroxyl groups is 1. The minimum Gasteiger partial charge on any atom is -0.378 e. The number of carbonyl (C=O) groups excluding carboxylic acids is 11. The number of nitrogens with zero attached hydrogens (tertiary/aromatic N) is 9. The zero-order valence-corrected chi connectivity index (χ0v) is 58.7. The van der Waals surface area contributed by atoms with Gasteiger partial charge in [-0.1, -0.05) is 97.7 Å². The van der Waals surface area contributed by atoms with Crippen LogP contribution in [-0.4, -0.2) is 259 Å². The summed E-state index contributed by atoms with van der Waals surface area (Å²) in [6, 6.07) is -4.88. The lowest BCUT2D eigenvalue weighted by molar-refractivity contribution is -0.153. The van der Waals surface area contributed by atoms with Crippen LogP contribution < -0.4 is 16.0 Å².